The molecule has 0 radical (unpaired) electrons. The Hall–Kier alpha value is 0.168. The summed E-state index contributed by atoms with van der Waals surface area (Å²) >= 11 is 0.583. The van der Waals surface area contributed by atoms with E-state index in [9.17, 15) is 0 Å². The Balaban J connectivity index is 0.000000148. The van der Waals surface area contributed by atoms with Crippen LogP contribution in [0.5, 0.6) is 0 Å². The number of hydrogen-bond acceptors (Lipinski definition) is 0. The quantitative estimate of drug-likeness (QED) is 0.603. The average Bonchev–Trinajstić information content (AvgIpc) is 2.49. The van der Waals surface area contributed by atoms with Crippen molar-refractivity contribution in [3.8, 4) is 0 Å². The molecular weight excluding hydrogens is 303 g/mol. The first-order valence-corrected chi connectivity index (χ1v) is 7.99. The van der Waals surface area contributed by atoms with Crippen molar-refractivity contribution in [3.63, 3.8) is 0 Å². The van der Waals surface area contributed by atoms with Crippen LogP contribution in [0.15, 0.2) is 24.3 Å². The van der Waals surface area contributed by atoms with Gasteiger partial charge in [0.2, 0.25) is 0 Å². The van der Waals surface area contributed by atoms with Crippen LogP contribution in [-0.4, -0.2) is 0 Å². The molecule has 0 aromatic rings. The van der Waals surface area contributed by atoms with Crippen LogP contribution in [0.2, 0.25) is 10.6 Å². The minimum atomic E-state index is 0.583. The van der Waals surface area contributed by atoms with Gasteiger partial charge in [0, 0.05) is 0 Å². The molecule has 2 aliphatic carbocycles. The van der Waals surface area contributed by atoms with E-state index in [1.54, 1.807) is 0 Å². The number of fused-ring (bicyclic) bond motifs is 2. The molecule has 2 rings (SSSR count). The van der Waals surface area contributed by atoms with Crippen molar-refractivity contribution in [3.05, 3.63) is 24.3 Å². The van der Waals surface area contributed by atoms with Gasteiger partial charge < -0.3 is 0 Å². The summed E-state index contributed by atoms with van der Waals surface area (Å²) in [5.41, 5.74) is 0. The van der Waals surface area contributed by atoms with Crippen LogP contribution in [0.25, 0.3) is 0 Å². The molecule has 0 nitrogen and oxygen atoms in total. The van der Waals surface area contributed by atoms with Gasteiger partial charge in [0.05, 0.1) is 0 Å². The van der Waals surface area contributed by atoms with Gasteiger partial charge in [0.25, 0.3) is 0 Å². The SMILES string of the molecule is C1=CC2C=CC1C2.[CH3][Pt][CH3]. The van der Waals surface area contributed by atoms with E-state index in [1.807, 2.05) is 0 Å². The topological polar surface area (TPSA) is 0 Å². The zero-order valence-corrected chi connectivity index (χ0v) is 8.76. The van der Waals surface area contributed by atoms with Crippen molar-refractivity contribution < 1.29 is 18.6 Å². The fourth-order valence-corrected chi connectivity index (χ4v) is 1.33. The van der Waals surface area contributed by atoms with Gasteiger partial charge in [-0.25, -0.2) is 0 Å². The molecule has 0 aromatic heterocycles. The fourth-order valence-electron chi connectivity index (χ4n) is 1.33. The van der Waals surface area contributed by atoms with Crippen LogP contribution in [0.3, 0.4) is 0 Å². The van der Waals surface area contributed by atoms with Crippen molar-refractivity contribution in [1.82, 2.24) is 0 Å². The van der Waals surface area contributed by atoms with Crippen LogP contribution in [-0.2, 0) is 18.6 Å². The minimum absolute atomic E-state index is 0.583. The van der Waals surface area contributed by atoms with Crippen molar-refractivity contribution in [1.29, 1.82) is 0 Å². The van der Waals surface area contributed by atoms with Gasteiger partial charge >= 0.3 is 29.2 Å². The standard InChI is InChI=1S/C7H8.2CH3.Pt/c1-2-7-4-3-6(1)5-7;;;/h1-4,6-7H,5H2;2*1H3;. The predicted molar refractivity (Wildman–Crippen MR) is 41.6 cm³/mol. The Bertz CT molecular complexity index is 119. The molecule has 0 saturated carbocycles. The summed E-state index contributed by atoms with van der Waals surface area (Å²) in [6, 6.07) is 0. The van der Waals surface area contributed by atoms with E-state index in [0.29, 0.717) is 18.6 Å². The first-order valence-electron chi connectivity index (χ1n) is 3.45. The van der Waals surface area contributed by atoms with Gasteiger partial charge in [-0.05, 0) is 18.3 Å². The van der Waals surface area contributed by atoms with Crippen LogP contribution < -0.4 is 0 Å². The number of hydrogen-bond donors (Lipinski definition) is 0. The van der Waals surface area contributed by atoms with E-state index in [0.717, 1.165) is 11.8 Å². The Kier molecular flexibility index (Phi) is 3.42. The monoisotopic (exact) mass is 317 g/mol. The van der Waals surface area contributed by atoms with Crippen LogP contribution in [0, 0.1) is 11.8 Å². The molecule has 0 spiro atoms. The second-order valence-corrected chi connectivity index (χ2v) is 4.92. The molecule has 0 amide bonds. The van der Waals surface area contributed by atoms with Gasteiger partial charge in [0.1, 0.15) is 0 Å². The maximum absolute atomic E-state index is 2.30. The van der Waals surface area contributed by atoms with E-state index in [2.05, 4.69) is 34.9 Å². The number of rotatable bonds is 0. The Morgan fingerprint density at radius 3 is 1.40 bits per heavy atom. The molecule has 0 aliphatic heterocycles. The van der Waals surface area contributed by atoms with Crippen molar-refractivity contribution >= 4 is 0 Å². The van der Waals surface area contributed by atoms with Crippen molar-refractivity contribution in [2.75, 3.05) is 0 Å². The summed E-state index contributed by atoms with van der Waals surface area (Å²) < 4.78 is 0. The number of allylic oxidation sites excluding steroid dienone is 4. The zero-order valence-electron chi connectivity index (χ0n) is 6.49. The maximum atomic E-state index is 2.30. The third kappa shape index (κ3) is 2.09. The van der Waals surface area contributed by atoms with E-state index in [-0.39, 0.29) is 0 Å². The predicted octanol–water partition coefficient (Wildman–Crippen LogP) is 2.91. The molecule has 0 unspecified atom stereocenters. The molecule has 0 atom stereocenters. The van der Waals surface area contributed by atoms with E-state index in [4.69, 9.17) is 0 Å². The summed E-state index contributed by atoms with van der Waals surface area (Å²) in [6.07, 6.45) is 10.5. The molecule has 0 heterocycles. The molecule has 0 fully saturated rings. The Labute approximate surface area is 71.9 Å². The first kappa shape index (κ1) is 8.27. The summed E-state index contributed by atoms with van der Waals surface area (Å²) in [4.78, 5) is 0. The summed E-state index contributed by atoms with van der Waals surface area (Å²) in [5.74, 6) is 1.62. The first-order chi connectivity index (χ1) is 4.86. The van der Waals surface area contributed by atoms with E-state index < -0.39 is 0 Å². The third-order valence-corrected chi connectivity index (χ3v) is 1.76. The van der Waals surface area contributed by atoms with Gasteiger partial charge in [-0.15, -0.1) is 0 Å². The second-order valence-electron chi connectivity index (χ2n) is 2.65. The van der Waals surface area contributed by atoms with Crippen LogP contribution in [0.1, 0.15) is 6.42 Å². The summed E-state index contributed by atoms with van der Waals surface area (Å²) in [7, 11) is 0. The molecule has 10 heavy (non-hydrogen) atoms. The van der Waals surface area contributed by atoms with Gasteiger partial charge in [0.15, 0.2) is 0 Å². The molecule has 2 aliphatic rings. The fraction of sp³-hybridized carbons (Fsp3) is 0.556. The van der Waals surface area contributed by atoms with E-state index in [1.165, 1.54) is 6.42 Å². The Morgan fingerprint density at radius 1 is 1.00 bits per heavy atom. The summed E-state index contributed by atoms with van der Waals surface area (Å²) in [5, 5.41) is 4.47. The second kappa shape index (κ2) is 4.13. The van der Waals surface area contributed by atoms with Gasteiger partial charge in [-0.3, -0.25) is 0 Å². The average molecular weight is 317 g/mol. The van der Waals surface area contributed by atoms with Crippen LogP contribution in [0.4, 0.5) is 0 Å². The van der Waals surface area contributed by atoms with Crippen molar-refractivity contribution in [2.24, 2.45) is 11.8 Å². The Morgan fingerprint density at radius 2 is 1.30 bits per heavy atom. The van der Waals surface area contributed by atoms with E-state index >= 15 is 0 Å². The summed E-state index contributed by atoms with van der Waals surface area (Å²) in [6.45, 7) is 0. The molecule has 0 N–H and O–H groups in total. The third-order valence-electron chi connectivity index (χ3n) is 1.76. The van der Waals surface area contributed by atoms with Gasteiger partial charge in [-0.1, -0.05) is 24.3 Å². The zero-order chi connectivity index (χ0) is 7.40. The normalized spacial score (nSPS) is 32.6. The molecular formula is C9H14Pt. The molecule has 60 valence electrons. The molecule has 0 aromatic carbocycles. The molecule has 0 saturated heterocycles. The molecule has 1 heteroatoms. The van der Waals surface area contributed by atoms with Crippen molar-refractivity contribution in [2.45, 2.75) is 17.0 Å². The molecule has 2 bridgehead atoms. The van der Waals surface area contributed by atoms with Crippen LogP contribution >= 0.6 is 0 Å². The van der Waals surface area contributed by atoms with Gasteiger partial charge in [-0.2, -0.15) is 0 Å².